The molecular formula is C14H15NO4. The lowest BCUT2D eigenvalue weighted by atomic mass is 10.2. The molecular weight excluding hydrogens is 246 g/mol. The molecule has 0 aliphatic carbocycles. The molecule has 0 spiro atoms. The van der Waals surface area contributed by atoms with E-state index in [9.17, 15) is 9.59 Å². The number of benzene rings is 1. The lowest BCUT2D eigenvalue weighted by Gasteiger charge is -2.06. The minimum atomic E-state index is -0.385. The first-order valence-corrected chi connectivity index (χ1v) is 6.04. The van der Waals surface area contributed by atoms with Crippen LogP contribution in [0.25, 0.3) is 0 Å². The van der Waals surface area contributed by atoms with Gasteiger partial charge in [-0.05, 0) is 24.6 Å². The standard InChI is InChI=1S/C14H15NO4/c1-2-19-12-5-3-10(4-6-12)8-18-9-11-7-13(16)15-14(11)17/h3-7H,2,8-9H2,1H3,(H,15,16,17). The fourth-order valence-electron chi connectivity index (χ4n) is 1.69. The van der Waals surface area contributed by atoms with Crippen LogP contribution in [0.3, 0.4) is 0 Å². The van der Waals surface area contributed by atoms with Crippen molar-refractivity contribution in [3.05, 3.63) is 41.5 Å². The lowest BCUT2D eigenvalue weighted by Crippen LogP contribution is -2.23. The topological polar surface area (TPSA) is 64.6 Å². The zero-order chi connectivity index (χ0) is 13.7. The first-order valence-electron chi connectivity index (χ1n) is 6.04. The highest BCUT2D eigenvalue weighted by molar-refractivity contribution is 6.16. The van der Waals surface area contributed by atoms with E-state index in [0.29, 0.717) is 18.8 Å². The molecule has 1 N–H and O–H groups in total. The van der Waals surface area contributed by atoms with Crippen molar-refractivity contribution in [1.29, 1.82) is 0 Å². The molecule has 2 rings (SSSR count). The van der Waals surface area contributed by atoms with E-state index in [2.05, 4.69) is 5.32 Å². The van der Waals surface area contributed by atoms with Crippen molar-refractivity contribution in [3.63, 3.8) is 0 Å². The molecule has 1 aliphatic rings. The summed E-state index contributed by atoms with van der Waals surface area (Å²) in [6, 6.07) is 7.54. The first kappa shape index (κ1) is 13.3. The number of carbonyl (C=O) groups is 2. The van der Waals surface area contributed by atoms with Crippen molar-refractivity contribution in [2.24, 2.45) is 0 Å². The third-order valence-electron chi connectivity index (χ3n) is 2.59. The van der Waals surface area contributed by atoms with E-state index in [1.54, 1.807) is 0 Å². The van der Waals surface area contributed by atoms with E-state index < -0.39 is 0 Å². The summed E-state index contributed by atoms with van der Waals surface area (Å²) in [4.78, 5) is 22.2. The van der Waals surface area contributed by atoms with Gasteiger partial charge in [-0.25, -0.2) is 0 Å². The maximum Gasteiger partial charge on any atom is 0.256 e. The van der Waals surface area contributed by atoms with Crippen molar-refractivity contribution in [2.75, 3.05) is 13.2 Å². The van der Waals surface area contributed by atoms with Gasteiger partial charge in [0.05, 0.1) is 19.8 Å². The second-order valence-corrected chi connectivity index (χ2v) is 4.06. The number of hydrogen-bond acceptors (Lipinski definition) is 4. The maximum atomic E-state index is 11.2. The molecule has 0 saturated heterocycles. The Morgan fingerprint density at radius 1 is 1.11 bits per heavy atom. The summed E-state index contributed by atoms with van der Waals surface area (Å²) in [5.74, 6) is 0.0519. The Morgan fingerprint density at radius 2 is 1.84 bits per heavy atom. The van der Waals surface area contributed by atoms with Crippen LogP contribution in [-0.4, -0.2) is 25.0 Å². The van der Waals surface area contributed by atoms with Gasteiger partial charge in [-0.3, -0.25) is 14.9 Å². The van der Waals surface area contributed by atoms with Gasteiger partial charge in [-0.2, -0.15) is 0 Å². The van der Waals surface area contributed by atoms with Gasteiger partial charge in [-0.15, -0.1) is 0 Å². The van der Waals surface area contributed by atoms with Gasteiger partial charge in [-0.1, -0.05) is 12.1 Å². The molecule has 100 valence electrons. The summed E-state index contributed by atoms with van der Waals surface area (Å²) in [7, 11) is 0. The fourth-order valence-corrected chi connectivity index (χ4v) is 1.69. The number of carbonyl (C=O) groups excluding carboxylic acids is 2. The molecule has 1 aromatic rings. The fraction of sp³-hybridized carbons (Fsp3) is 0.286. The van der Waals surface area contributed by atoms with Crippen molar-refractivity contribution >= 4 is 11.8 Å². The van der Waals surface area contributed by atoms with E-state index in [0.717, 1.165) is 11.3 Å². The summed E-state index contributed by atoms with van der Waals surface area (Å²) >= 11 is 0. The van der Waals surface area contributed by atoms with Crippen LogP contribution in [0.5, 0.6) is 5.75 Å². The highest BCUT2D eigenvalue weighted by Crippen LogP contribution is 2.13. The lowest BCUT2D eigenvalue weighted by molar-refractivity contribution is -0.124. The van der Waals surface area contributed by atoms with Crippen LogP contribution in [0.4, 0.5) is 0 Å². The SMILES string of the molecule is CCOc1ccc(COCC2=CC(=O)NC2=O)cc1. The molecule has 0 radical (unpaired) electrons. The predicted octanol–water partition coefficient (Wildman–Crippen LogP) is 1.18. The van der Waals surface area contributed by atoms with E-state index >= 15 is 0 Å². The number of amides is 2. The van der Waals surface area contributed by atoms with Crippen LogP contribution < -0.4 is 10.1 Å². The summed E-state index contributed by atoms with van der Waals surface area (Å²) in [6.45, 7) is 3.07. The van der Waals surface area contributed by atoms with E-state index in [4.69, 9.17) is 9.47 Å². The Hall–Kier alpha value is -2.14. The van der Waals surface area contributed by atoms with Crippen LogP contribution in [0, 0.1) is 0 Å². The second kappa shape index (κ2) is 6.15. The highest BCUT2D eigenvalue weighted by atomic mass is 16.5. The first-order chi connectivity index (χ1) is 9.19. The summed E-state index contributed by atoms with van der Waals surface area (Å²) in [5.41, 5.74) is 1.34. The molecule has 0 unspecified atom stereocenters. The van der Waals surface area contributed by atoms with Gasteiger partial charge >= 0.3 is 0 Å². The Morgan fingerprint density at radius 3 is 2.42 bits per heavy atom. The van der Waals surface area contributed by atoms with E-state index in [-0.39, 0.29) is 18.4 Å². The molecule has 0 aromatic heterocycles. The van der Waals surface area contributed by atoms with Crippen molar-refractivity contribution in [1.82, 2.24) is 5.32 Å². The van der Waals surface area contributed by atoms with Crippen molar-refractivity contribution in [3.8, 4) is 5.75 Å². The average molecular weight is 261 g/mol. The van der Waals surface area contributed by atoms with Crippen LogP contribution in [0.15, 0.2) is 35.9 Å². The Labute approximate surface area is 111 Å². The number of ether oxygens (including phenoxy) is 2. The van der Waals surface area contributed by atoms with Gasteiger partial charge in [0.2, 0.25) is 0 Å². The summed E-state index contributed by atoms with van der Waals surface area (Å²) in [5, 5.41) is 2.17. The minimum Gasteiger partial charge on any atom is -0.494 e. The molecule has 1 aromatic carbocycles. The molecule has 0 fully saturated rings. The van der Waals surface area contributed by atoms with E-state index in [1.807, 2.05) is 31.2 Å². The minimum absolute atomic E-state index is 0.130. The van der Waals surface area contributed by atoms with Gasteiger partial charge < -0.3 is 9.47 Å². The normalized spacial score (nSPS) is 14.3. The maximum absolute atomic E-state index is 11.2. The van der Waals surface area contributed by atoms with Crippen LogP contribution in [-0.2, 0) is 20.9 Å². The summed E-state index contributed by atoms with van der Waals surface area (Å²) in [6.07, 6.45) is 1.26. The number of nitrogens with one attached hydrogen (secondary N) is 1. The van der Waals surface area contributed by atoms with Crippen molar-refractivity contribution < 1.29 is 19.1 Å². The molecule has 5 nitrogen and oxygen atoms in total. The quantitative estimate of drug-likeness (QED) is 0.781. The molecule has 1 aliphatic heterocycles. The Bertz CT molecular complexity index is 505. The van der Waals surface area contributed by atoms with Gasteiger partial charge in [0, 0.05) is 11.6 Å². The third kappa shape index (κ3) is 3.66. The molecule has 0 bridgehead atoms. The van der Waals surface area contributed by atoms with Crippen LogP contribution in [0.1, 0.15) is 12.5 Å². The number of imide groups is 1. The zero-order valence-electron chi connectivity index (χ0n) is 10.6. The predicted molar refractivity (Wildman–Crippen MR) is 68.5 cm³/mol. The van der Waals surface area contributed by atoms with Gasteiger partial charge in [0.15, 0.2) is 0 Å². The largest absolute Gasteiger partial charge is 0.494 e. The van der Waals surface area contributed by atoms with Gasteiger partial charge in [0.1, 0.15) is 5.75 Å². The van der Waals surface area contributed by atoms with Crippen molar-refractivity contribution in [2.45, 2.75) is 13.5 Å². The molecule has 0 saturated carbocycles. The Kier molecular flexibility index (Phi) is 4.30. The van der Waals surface area contributed by atoms with Gasteiger partial charge in [0.25, 0.3) is 11.8 Å². The molecule has 2 amide bonds. The molecule has 19 heavy (non-hydrogen) atoms. The number of hydrogen-bond donors (Lipinski definition) is 1. The summed E-state index contributed by atoms with van der Waals surface area (Å²) < 4.78 is 10.7. The zero-order valence-corrected chi connectivity index (χ0v) is 10.6. The highest BCUT2D eigenvalue weighted by Gasteiger charge is 2.20. The van der Waals surface area contributed by atoms with E-state index in [1.165, 1.54) is 6.08 Å². The smallest absolute Gasteiger partial charge is 0.256 e. The molecule has 1 heterocycles. The Balaban J connectivity index is 1.81. The van der Waals surface area contributed by atoms with Crippen LogP contribution in [0.2, 0.25) is 0 Å². The molecule has 5 heteroatoms. The second-order valence-electron chi connectivity index (χ2n) is 4.06. The monoisotopic (exact) mass is 261 g/mol. The number of rotatable bonds is 6. The average Bonchev–Trinajstić information content (AvgIpc) is 2.71. The third-order valence-corrected chi connectivity index (χ3v) is 2.59. The molecule has 0 atom stereocenters. The van der Waals surface area contributed by atoms with Crippen LogP contribution >= 0.6 is 0 Å².